The van der Waals surface area contributed by atoms with Crippen LogP contribution >= 0.6 is 0 Å². The standard InChI is InChI=1S/C15H25N3/c1-15(7-9-17-12-15)13-18(10-8-16)11-14-5-3-2-4-6-14/h2-6,17H,7-13,16H2,1H3. The Bertz CT molecular complexity index is 344. The molecule has 1 unspecified atom stereocenters. The number of hydrogen-bond acceptors (Lipinski definition) is 3. The molecule has 0 bridgehead atoms. The van der Waals surface area contributed by atoms with Crippen molar-refractivity contribution in [3.05, 3.63) is 35.9 Å². The topological polar surface area (TPSA) is 41.3 Å². The Kier molecular flexibility index (Phi) is 4.75. The molecule has 18 heavy (non-hydrogen) atoms. The molecule has 1 aromatic carbocycles. The molecule has 0 amide bonds. The normalized spacial score (nSPS) is 23.7. The van der Waals surface area contributed by atoms with Crippen LogP contribution in [-0.4, -0.2) is 37.6 Å². The zero-order valence-corrected chi connectivity index (χ0v) is 11.4. The van der Waals surface area contributed by atoms with Gasteiger partial charge in [0.25, 0.3) is 0 Å². The maximum Gasteiger partial charge on any atom is 0.0234 e. The van der Waals surface area contributed by atoms with Gasteiger partial charge < -0.3 is 11.1 Å². The minimum absolute atomic E-state index is 0.407. The van der Waals surface area contributed by atoms with Crippen molar-refractivity contribution < 1.29 is 0 Å². The van der Waals surface area contributed by atoms with Crippen molar-refractivity contribution >= 4 is 0 Å². The average molecular weight is 247 g/mol. The van der Waals surface area contributed by atoms with Gasteiger partial charge >= 0.3 is 0 Å². The van der Waals surface area contributed by atoms with E-state index in [0.29, 0.717) is 5.41 Å². The summed E-state index contributed by atoms with van der Waals surface area (Å²) in [6.07, 6.45) is 1.27. The van der Waals surface area contributed by atoms with Crippen LogP contribution in [0.15, 0.2) is 30.3 Å². The van der Waals surface area contributed by atoms with Crippen LogP contribution in [0.4, 0.5) is 0 Å². The Hall–Kier alpha value is -0.900. The Labute approximate surface area is 110 Å². The summed E-state index contributed by atoms with van der Waals surface area (Å²) in [4.78, 5) is 2.49. The van der Waals surface area contributed by atoms with Crippen molar-refractivity contribution in [1.29, 1.82) is 0 Å². The lowest BCUT2D eigenvalue weighted by Crippen LogP contribution is -2.39. The Balaban J connectivity index is 1.95. The fourth-order valence-corrected chi connectivity index (χ4v) is 2.78. The summed E-state index contributed by atoms with van der Waals surface area (Å²) in [7, 11) is 0. The van der Waals surface area contributed by atoms with E-state index < -0.39 is 0 Å². The van der Waals surface area contributed by atoms with Gasteiger partial charge in [0.2, 0.25) is 0 Å². The highest BCUT2D eigenvalue weighted by Crippen LogP contribution is 2.26. The fourth-order valence-electron chi connectivity index (χ4n) is 2.78. The summed E-state index contributed by atoms with van der Waals surface area (Å²) in [5.74, 6) is 0. The van der Waals surface area contributed by atoms with Gasteiger partial charge in [-0.3, -0.25) is 4.90 Å². The zero-order valence-electron chi connectivity index (χ0n) is 11.4. The first kappa shape index (κ1) is 13.5. The lowest BCUT2D eigenvalue weighted by Gasteiger charge is -2.31. The van der Waals surface area contributed by atoms with Gasteiger partial charge in [0.1, 0.15) is 0 Å². The molecule has 1 aliphatic rings. The Morgan fingerprint density at radius 2 is 2.11 bits per heavy atom. The lowest BCUT2D eigenvalue weighted by atomic mass is 9.89. The second-order valence-electron chi connectivity index (χ2n) is 5.72. The number of rotatable bonds is 6. The largest absolute Gasteiger partial charge is 0.329 e. The molecule has 1 aromatic rings. The van der Waals surface area contributed by atoms with Crippen LogP contribution in [0, 0.1) is 5.41 Å². The molecule has 3 heteroatoms. The number of nitrogens with two attached hydrogens (primary N) is 1. The summed E-state index contributed by atoms with van der Waals surface area (Å²) >= 11 is 0. The van der Waals surface area contributed by atoms with Gasteiger partial charge in [-0.1, -0.05) is 37.3 Å². The van der Waals surface area contributed by atoms with Crippen molar-refractivity contribution in [2.45, 2.75) is 19.9 Å². The second-order valence-corrected chi connectivity index (χ2v) is 5.72. The first-order chi connectivity index (χ1) is 8.72. The molecule has 3 N–H and O–H groups in total. The van der Waals surface area contributed by atoms with E-state index >= 15 is 0 Å². The van der Waals surface area contributed by atoms with E-state index in [1.165, 1.54) is 12.0 Å². The third-order valence-electron chi connectivity index (χ3n) is 3.76. The molecule has 0 aliphatic carbocycles. The summed E-state index contributed by atoms with van der Waals surface area (Å²) in [6, 6.07) is 10.7. The van der Waals surface area contributed by atoms with Crippen molar-refractivity contribution in [2.24, 2.45) is 11.1 Å². The molecule has 0 radical (unpaired) electrons. The van der Waals surface area contributed by atoms with E-state index in [0.717, 1.165) is 39.3 Å². The van der Waals surface area contributed by atoms with Crippen LogP contribution in [-0.2, 0) is 6.54 Å². The number of hydrogen-bond donors (Lipinski definition) is 2. The minimum atomic E-state index is 0.407. The zero-order chi connectivity index (χ0) is 12.8. The number of benzene rings is 1. The first-order valence-corrected chi connectivity index (χ1v) is 6.89. The minimum Gasteiger partial charge on any atom is -0.329 e. The van der Waals surface area contributed by atoms with Crippen molar-refractivity contribution in [1.82, 2.24) is 10.2 Å². The second kappa shape index (κ2) is 6.32. The first-order valence-electron chi connectivity index (χ1n) is 6.89. The third-order valence-corrected chi connectivity index (χ3v) is 3.76. The molecule has 1 saturated heterocycles. The van der Waals surface area contributed by atoms with E-state index in [1.54, 1.807) is 0 Å². The fraction of sp³-hybridized carbons (Fsp3) is 0.600. The lowest BCUT2D eigenvalue weighted by molar-refractivity contribution is 0.174. The van der Waals surface area contributed by atoms with Gasteiger partial charge in [-0.25, -0.2) is 0 Å². The van der Waals surface area contributed by atoms with Crippen LogP contribution in [0.5, 0.6) is 0 Å². The molecule has 0 saturated carbocycles. The molecule has 100 valence electrons. The van der Waals surface area contributed by atoms with Gasteiger partial charge in [0.05, 0.1) is 0 Å². The summed E-state index contributed by atoms with van der Waals surface area (Å²) in [5.41, 5.74) is 7.53. The molecule has 3 nitrogen and oxygen atoms in total. The predicted octanol–water partition coefficient (Wildman–Crippen LogP) is 1.45. The molecular formula is C15H25N3. The van der Waals surface area contributed by atoms with E-state index in [2.05, 4.69) is 47.5 Å². The quantitative estimate of drug-likeness (QED) is 0.799. The van der Waals surface area contributed by atoms with Crippen LogP contribution in [0.25, 0.3) is 0 Å². The Morgan fingerprint density at radius 1 is 1.33 bits per heavy atom. The van der Waals surface area contributed by atoms with Gasteiger partial charge in [-0.05, 0) is 23.9 Å². The Morgan fingerprint density at radius 3 is 2.72 bits per heavy atom. The molecule has 1 heterocycles. The van der Waals surface area contributed by atoms with E-state index in [1.807, 2.05) is 0 Å². The van der Waals surface area contributed by atoms with Gasteiger partial charge in [-0.15, -0.1) is 0 Å². The van der Waals surface area contributed by atoms with E-state index in [4.69, 9.17) is 5.73 Å². The maximum absolute atomic E-state index is 5.74. The monoisotopic (exact) mass is 247 g/mol. The van der Waals surface area contributed by atoms with Gasteiger partial charge in [-0.2, -0.15) is 0 Å². The van der Waals surface area contributed by atoms with Crippen LogP contribution in [0.1, 0.15) is 18.9 Å². The molecule has 1 atom stereocenters. The van der Waals surface area contributed by atoms with Gasteiger partial charge in [0, 0.05) is 32.7 Å². The molecule has 1 aliphatic heterocycles. The highest BCUT2D eigenvalue weighted by molar-refractivity contribution is 5.14. The van der Waals surface area contributed by atoms with E-state index in [-0.39, 0.29) is 0 Å². The van der Waals surface area contributed by atoms with Crippen LogP contribution in [0.3, 0.4) is 0 Å². The SMILES string of the molecule is CC1(CN(CCN)Cc2ccccc2)CCNC1. The highest BCUT2D eigenvalue weighted by Gasteiger charge is 2.30. The van der Waals surface area contributed by atoms with Gasteiger partial charge in [0.15, 0.2) is 0 Å². The smallest absolute Gasteiger partial charge is 0.0234 e. The van der Waals surface area contributed by atoms with Crippen LogP contribution in [0.2, 0.25) is 0 Å². The molecule has 2 rings (SSSR count). The summed E-state index contributed by atoms with van der Waals surface area (Å²) in [5, 5.41) is 3.47. The van der Waals surface area contributed by atoms with E-state index in [9.17, 15) is 0 Å². The van der Waals surface area contributed by atoms with Crippen molar-refractivity contribution in [2.75, 3.05) is 32.7 Å². The van der Waals surface area contributed by atoms with Crippen LogP contribution < -0.4 is 11.1 Å². The summed E-state index contributed by atoms with van der Waals surface area (Å²) in [6.45, 7) is 8.50. The number of nitrogens with zero attached hydrogens (tertiary/aromatic N) is 1. The highest BCUT2D eigenvalue weighted by atomic mass is 15.1. The summed E-state index contributed by atoms with van der Waals surface area (Å²) < 4.78 is 0. The molecule has 1 fully saturated rings. The average Bonchev–Trinajstić information content (AvgIpc) is 2.77. The molecule has 0 aromatic heterocycles. The van der Waals surface area contributed by atoms with Crippen molar-refractivity contribution in [3.8, 4) is 0 Å². The predicted molar refractivity (Wildman–Crippen MR) is 76.4 cm³/mol. The molecule has 0 spiro atoms. The molecular weight excluding hydrogens is 222 g/mol. The van der Waals surface area contributed by atoms with Crippen molar-refractivity contribution in [3.63, 3.8) is 0 Å². The number of nitrogens with one attached hydrogen (secondary N) is 1. The maximum atomic E-state index is 5.74. The third kappa shape index (κ3) is 3.80.